The predicted molar refractivity (Wildman–Crippen MR) is 157 cm³/mol. The molecule has 0 aliphatic rings. The van der Waals surface area contributed by atoms with Crippen LogP contribution in [0, 0.1) is 0 Å². The molecule has 0 aliphatic carbocycles. The Morgan fingerprint density at radius 2 is 0.900 bits per heavy atom. The fourth-order valence-electron chi connectivity index (χ4n) is 4.35. The minimum Gasteiger partial charge on any atom is -0.386 e. The molecule has 4 aromatic carbocycles. The minimum atomic E-state index is -0.985. The van der Waals surface area contributed by atoms with Gasteiger partial charge in [-0.1, -0.05) is 127 Å². The summed E-state index contributed by atoms with van der Waals surface area (Å²) in [6.45, 7) is 5.50. The van der Waals surface area contributed by atoms with E-state index >= 15 is 0 Å². The first-order valence-electron chi connectivity index (χ1n) is 13.6. The number of hydrogen-bond donors (Lipinski definition) is 1. The highest BCUT2D eigenvalue weighted by Gasteiger charge is 2.36. The third-order valence-electron chi connectivity index (χ3n) is 6.54. The highest BCUT2D eigenvalue weighted by molar-refractivity contribution is 5.16. The first-order valence-corrected chi connectivity index (χ1v) is 13.6. The van der Waals surface area contributed by atoms with Crippen molar-refractivity contribution in [2.24, 2.45) is 0 Å². The van der Waals surface area contributed by atoms with Crippen molar-refractivity contribution in [3.05, 3.63) is 156 Å². The smallest absolute Gasteiger partial charge is 0.116 e. The second kappa shape index (κ2) is 16.5. The van der Waals surface area contributed by atoms with Crippen molar-refractivity contribution in [1.82, 2.24) is 0 Å². The predicted octanol–water partition coefficient (Wildman–Crippen LogP) is 6.51. The van der Waals surface area contributed by atoms with Gasteiger partial charge in [0.1, 0.15) is 24.4 Å². The summed E-state index contributed by atoms with van der Waals surface area (Å²) in [6, 6.07) is 39.8. The first kappa shape index (κ1) is 29.4. The molecule has 0 unspecified atom stereocenters. The first-order chi connectivity index (χ1) is 19.7. The molecule has 1 N–H and O–H groups in total. The van der Waals surface area contributed by atoms with Crippen LogP contribution in [0.25, 0.3) is 0 Å². The average Bonchev–Trinajstić information content (AvgIpc) is 3.02. The normalized spacial score (nSPS) is 14.2. The van der Waals surface area contributed by atoms with Gasteiger partial charge in [0.25, 0.3) is 0 Å². The van der Waals surface area contributed by atoms with E-state index in [9.17, 15) is 5.11 Å². The van der Waals surface area contributed by atoms with E-state index in [1.165, 1.54) is 6.08 Å². The lowest BCUT2D eigenvalue weighted by molar-refractivity contribution is -0.185. The zero-order valence-corrected chi connectivity index (χ0v) is 22.8. The summed E-state index contributed by atoms with van der Waals surface area (Å²) in [5, 5.41) is 11.1. The number of ether oxygens (including phenoxy) is 4. The van der Waals surface area contributed by atoms with Crippen molar-refractivity contribution in [3.8, 4) is 0 Å². The molecule has 5 nitrogen and oxygen atoms in total. The number of rotatable bonds is 17. The van der Waals surface area contributed by atoms with Gasteiger partial charge in [-0.05, 0) is 22.3 Å². The van der Waals surface area contributed by atoms with Crippen molar-refractivity contribution < 1.29 is 24.1 Å². The van der Waals surface area contributed by atoms with Crippen LogP contribution in [0.15, 0.2) is 134 Å². The maximum atomic E-state index is 11.1. The van der Waals surface area contributed by atoms with Crippen LogP contribution >= 0.6 is 0 Å². The van der Waals surface area contributed by atoms with E-state index < -0.39 is 24.4 Å². The molecule has 0 bridgehead atoms. The van der Waals surface area contributed by atoms with Crippen LogP contribution in [0.1, 0.15) is 22.3 Å². The van der Waals surface area contributed by atoms with Crippen LogP contribution in [0.4, 0.5) is 0 Å². The Kier molecular flexibility index (Phi) is 12.1. The highest BCUT2D eigenvalue weighted by atomic mass is 16.6. The lowest BCUT2D eigenvalue weighted by atomic mass is 10.0. The summed E-state index contributed by atoms with van der Waals surface area (Å²) in [5.41, 5.74) is 4.10. The molecule has 0 aliphatic heterocycles. The molecule has 0 radical (unpaired) electrons. The largest absolute Gasteiger partial charge is 0.386 e. The lowest BCUT2D eigenvalue weighted by Gasteiger charge is -2.35. The third kappa shape index (κ3) is 9.56. The van der Waals surface area contributed by atoms with Gasteiger partial charge in [0.05, 0.1) is 33.0 Å². The molecular formula is C35H38O5. The summed E-state index contributed by atoms with van der Waals surface area (Å²) < 4.78 is 25.5. The molecule has 4 atom stereocenters. The minimum absolute atomic E-state index is 0.246. The summed E-state index contributed by atoms with van der Waals surface area (Å²) in [5.74, 6) is 0. The van der Waals surface area contributed by atoms with Crippen LogP contribution in [0.3, 0.4) is 0 Å². The fourth-order valence-corrected chi connectivity index (χ4v) is 4.35. The van der Waals surface area contributed by atoms with Gasteiger partial charge in [-0.3, -0.25) is 0 Å². The molecule has 4 rings (SSSR count). The Labute approximate surface area is 237 Å². The molecule has 0 amide bonds. The van der Waals surface area contributed by atoms with E-state index in [-0.39, 0.29) is 6.61 Å². The second-order valence-corrected chi connectivity index (χ2v) is 9.58. The molecule has 0 fully saturated rings. The summed E-state index contributed by atoms with van der Waals surface area (Å²) in [6.07, 6.45) is -1.45. The highest BCUT2D eigenvalue weighted by Crippen LogP contribution is 2.22. The van der Waals surface area contributed by atoms with E-state index in [2.05, 4.69) is 6.58 Å². The van der Waals surface area contributed by atoms with Crippen LogP contribution in [0.5, 0.6) is 0 Å². The number of hydrogen-bond acceptors (Lipinski definition) is 5. The molecule has 4 aromatic rings. The molecule has 0 aromatic heterocycles. The van der Waals surface area contributed by atoms with Crippen molar-refractivity contribution in [2.45, 2.75) is 50.8 Å². The molecule has 40 heavy (non-hydrogen) atoms. The van der Waals surface area contributed by atoms with Gasteiger partial charge in [-0.15, -0.1) is 6.58 Å². The van der Waals surface area contributed by atoms with Crippen LogP contribution in [-0.4, -0.2) is 36.1 Å². The Hall–Kier alpha value is -3.58. The average molecular weight is 539 g/mol. The van der Waals surface area contributed by atoms with Gasteiger partial charge >= 0.3 is 0 Å². The van der Waals surface area contributed by atoms with Gasteiger partial charge in [-0.2, -0.15) is 0 Å². The Bertz CT molecular complexity index is 1220. The van der Waals surface area contributed by atoms with Crippen molar-refractivity contribution in [1.29, 1.82) is 0 Å². The molecule has 0 heterocycles. The van der Waals surface area contributed by atoms with Crippen LogP contribution < -0.4 is 0 Å². The van der Waals surface area contributed by atoms with Crippen LogP contribution in [0.2, 0.25) is 0 Å². The maximum Gasteiger partial charge on any atom is 0.116 e. The van der Waals surface area contributed by atoms with E-state index in [0.29, 0.717) is 26.4 Å². The maximum absolute atomic E-state index is 11.1. The molecular weight excluding hydrogens is 500 g/mol. The third-order valence-corrected chi connectivity index (χ3v) is 6.54. The summed E-state index contributed by atoms with van der Waals surface area (Å²) >= 11 is 0. The van der Waals surface area contributed by atoms with Crippen molar-refractivity contribution in [3.63, 3.8) is 0 Å². The Balaban J connectivity index is 1.58. The molecule has 0 saturated heterocycles. The summed E-state index contributed by atoms with van der Waals surface area (Å²) in [4.78, 5) is 0. The molecule has 0 saturated carbocycles. The van der Waals surface area contributed by atoms with E-state index in [0.717, 1.165) is 22.3 Å². The monoisotopic (exact) mass is 538 g/mol. The molecule has 0 spiro atoms. The zero-order valence-electron chi connectivity index (χ0n) is 22.8. The topological polar surface area (TPSA) is 57.2 Å². The van der Waals surface area contributed by atoms with Crippen LogP contribution in [-0.2, 0) is 45.4 Å². The van der Waals surface area contributed by atoms with Gasteiger partial charge in [0.15, 0.2) is 0 Å². The Morgan fingerprint density at radius 1 is 0.525 bits per heavy atom. The second-order valence-electron chi connectivity index (χ2n) is 9.58. The van der Waals surface area contributed by atoms with E-state index in [4.69, 9.17) is 18.9 Å². The number of aliphatic hydroxyl groups excluding tert-OH is 1. The SMILES string of the molecule is C=C[C@@H](O)[C@@H](OCc1ccccc1)[C@H](OCc1ccccc1)[C@@H](COCc1ccccc1)OCc1ccccc1. The Morgan fingerprint density at radius 3 is 1.32 bits per heavy atom. The zero-order chi connectivity index (χ0) is 27.8. The van der Waals surface area contributed by atoms with Gasteiger partial charge in [0, 0.05) is 0 Å². The lowest BCUT2D eigenvalue weighted by Crippen LogP contribution is -2.49. The van der Waals surface area contributed by atoms with E-state index in [1.807, 2.05) is 121 Å². The van der Waals surface area contributed by atoms with Crippen molar-refractivity contribution in [2.75, 3.05) is 6.61 Å². The van der Waals surface area contributed by atoms with Crippen molar-refractivity contribution >= 4 is 0 Å². The quantitative estimate of drug-likeness (QED) is 0.155. The fraction of sp³-hybridized carbons (Fsp3) is 0.257. The van der Waals surface area contributed by atoms with Gasteiger partial charge in [0.2, 0.25) is 0 Å². The molecule has 5 heteroatoms. The molecule has 208 valence electrons. The standard InChI is InChI=1S/C35H38O5/c1-2-32(36)34(39-25-30-19-11-5-12-20-30)35(40-26-31-21-13-6-14-22-31)33(38-24-29-17-9-4-10-18-29)27-37-23-28-15-7-3-8-16-28/h2-22,32-36H,1,23-27H2/t32-,33-,34-,35-/m1/s1. The number of benzene rings is 4. The number of aliphatic hydroxyl groups is 1. The van der Waals surface area contributed by atoms with E-state index in [1.54, 1.807) is 0 Å². The van der Waals surface area contributed by atoms with Gasteiger partial charge < -0.3 is 24.1 Å². The van der Waals surface area contributed by atoms with Gasteiger partial charge in [-0.25, -0.2) is 0 Å². The summed E-state index contributed by atoms with van der Waals surface area (Å²) in [7, 11) is 0.